The fraction of sp³-hybridized carbons (Fsp3) is 0.700. The maximum Gasteiger partial charge on any atom is 0.490 e. The van der Waals surface area contributed by atoms with E-state index in [2.05, 4.69) is 21.7 Å². The van der Waals surface area contributed by atoms with Crippen molar-refractivity contribution in [2.24, 2.45) is 11.3 Å². The van der Waals surface area contributed by atoms with Gasteiger partial charge in [0.1, 0.15) is 6.61 Å². The van der Waals surface area contributed by atoms with Crippen molar-refractivity contribution < 1.29 is 37.3 Å². The Bertz CT molecular complexity index is 740. The summed E-state index contributed by atoms with van der Waals surface area (Å²) in [7, 11) is 0. The van der Waals surface area contributed by atoms with Crippen molar-refractivity contribution in [3.8, 4) is 0 Å². The Labute approximate surface area is 182 Å². The molecule has 1 amide bonds. The largest absolute Gasteiger partial charge is 0.490 e. The van der Waals surface area contributed by atoms with Gasteiger partial charge in [0.05, 0.1) is 19.8 Å². The number of halogens is 3. The van der Waals surface area contributed by atoms with Gasteiger partial charge >= 0.3 is 12.1 Å². The number of alkyl halides is 3. The molecule has 31 heavy (non-hydrogen) atoms. The number of ether oxygens (including phenoxy) is 2. The number of carboxylic acids is 1. The molecule has 4 rings (SSSR count). The molecule has 0 spiro atoms. The van der Waals surface area contributed by atoms with Gasteiger partial charge < -0.3 is 19.5 Å². The van der Waals surface area contributed by atoms with Crippen molar-refractivity contribution in [2.45, 2.75) is 25.6 Å². The Morgan fingerprint density at radius 2 is 2.03 bits per heavy atom. The average molecular weight is 465 g/mol. The molecule has 0 bridgehead atoms. The van der Waals surface area contributed by atoms with Crippen LogP contribution in [0.2, 0.25) is 0 Å². The van der Waals surface area contributed by atoms with Crippen LogP contribution in [0.25, 0.3) is 0 Å². The van der Waals surface area contributed by atoms with Crippen LogP contribution in [0.3, 0.4) is 0 Å². The van der Waals surface area contributed by atoms with Crippen LogP contribution in [0.5, 0.6) is 0 Å². The molecule has 1 N–H and O–H groups in total. The number of amides is 1. The van der Waals surface area contributed by atoms with Crippen LogP contribution in [0.4, 0.5) is 13.2 Å². The highest BCUT2D eigenvalue weighted by Crippen LogP contribution is 2.42. The van der Waals surface area contributed by atoms with Gasteiger partial charge in [-0.1, -0.05) is 0 Å². The molecule has 3 saturated heterocycles. The third-order valence-corrected chi connectivity index (χ3v) is 6.63. The number of carbonyl (C=O) groups is 2. The molecule has 1 aromatic heterocycles. The Balaban J connectivity index is 0.000000339. The minimum absolute atomic E-state index is 0.0707. The molecule has 2 atom stereocenters. The number of carboxylic acid groups (broad SMARTS) is 1. The van der Waals surface area contributed by atoms with Gasteiger partial charge in [0.15, 0.2) is 0 Å². The first-order valence-electron chi connectivity index (χ1n) is 10.2. The van der Waals surface area contributed by atoms with Gasteiger partial charge in [-0.05, 0) is 35.2 Å². The van der Waals surface area contributed by atoms with E-state index in [1.807, 2.05) is 4.90 Å². The standard InChI is InChI=1S/C18H26N2O3S.C2HF3O2/c21-17(20-4-1-2-5-20)10-23-14-18-12-19(7-15-3-6-24-11-15)8-16(18)9-22-13-18;3-2(4,5)1(6)7/h3,6,11,16H,1-2,4-5,7-10,12-14H2;(H,6,7)/t16-,18+;/m1./s1. The van der Waals surface area contributed by atoms with Gasteiger partial charge in [0, 0.05) is 44.1 Å². The number of hydrogen-bond donors (Lipinski definition) is 1. The molecular weight excluding hydrogens is 437 g/mol. The van der Waals surface area contributed by atoms with Gasteiger partial charge in [0.2, 0.25) is 5.91 Å². The third kappa shape index (κ3) is 6.41. The van der Waals surface area contributed by atoms with E-state index >= 15 is 0 Å². The van der Waals surface area contributed by atoms with Crippen molar-refractivity contribution in [1.82, 2.24) is 9.80 Å². The van der Waals surface area contributed by atoms with E-state index in [1.54, 1.807) is 11.3 Å². The maximum absolute atomic E-state index is 12.1. The molecule has 0 saturated carbocycles. The topological polar surface area (TPSA) is 79.3 Å². The number of aliphatic carboxylic acids is 1. The molecule has 174 valence electrons. The lowest BCUT2D eigenvalue weighted by atomic mass is 9.82. The van der Waals surface area contributed by atoms with E-state index in [9.17, 15) is 18.0 Å². The van der Waals surface area contributed by atoms with Crippen molar-refractivity contribution in [1.29, 1.82) is 0 Å². The van der Waals surface area contributed by atoms with Crippen LogP contribution in [0.1, 0.15) is 18.4 Å². The van der Waals surface area contributed by atoms with E-state index in [4.69, 9.17) is 19.4 Å². The van der Waals surface area contributed by atoms with E-state index in [0.29, 0.717) is 12.5 Å². The Hall–Kier alpha value is -1.69. The number of rotatable bonds is 6. The quantitative estimate of drug-likeness (QED) is 0.697. The zero-order valence-corrected chi connectivity index (χ0v) is 17.9. The first-order chi connectivity index (χ1) is 14.7. The molecule has 11 heteroatoms. The highest BCUT2D eigenvalue weighted by Gasteiger charge is 2.50. The smallest absolute Gasteiger partial charge is 0.475 e. The van der Waals surface area contributed by atoms with Gasteiger partial charge in [-0.3, -0.25) is 9.69 Å². The monoisotopic (exact) mass is 464 g/mol. The van der Waals surface area contributed by atoms with Gasteiger partial charge in [-0.15, -0.1) is 0 Å². The zero-order chi connectivity index (χ0) is 22.5. The lowest BCUT2D eigenvalue weighted by Crippen LogP contribution is -2.38. The van der Waals surface area contributed by atoms with Crippen LogP contribution in [-0.4, -0.2) is 85.6 Å². The highest BCUT2D eigenvalue weighted by atomic mass is 32.1. The van der Waals surface area contributed by atoms with Crippen LogP contribution in [0.15, 0.2) is 16.8 Å². The van der Waals surface area contributed by atoms with Crippen molar-refractivity contribution in [3.05, 3.63) is 22.4 Å². The number of nitrogens with zero attached hydrogens (tertiary/aromatic N) is 2. The molecule has 1 aromatic rings. The Kier molecular flexibility index (Phi) is 7.95. The number of thiophene rings is 1. The summed E-state index contributed by atoms with van der Waals surface area (Å²) in [6.45, 7) is 7.32. The summed E-state index contributed by atoms with van der Waals surface area (Å²) in [5.74, 6) is -2.09. The zero-order valence-electron chi connectivity index (χ0n) is 17.1. The van der Waals surface area contributed by atoms with Gasteiger partial charge in [0.25, 0.3) is 0 Å². The van der Waals surface area contributed by atoms with Crippen molar-refractivity contribution >= 4 is 23.2 Å². The summed E-state index contributed by atoms with van der Waals surface area (Å²) in [5.41, 5.74) is 1.46. The second-order valence-corrected chi connectivity index (χ2v) is 9.04. The van der Waals surface area contributed by atoms with E-state index < -0.39 is 12.1 Å². The third-order valence-electron chi connectivity index (χ3n) is 5.89. The number of carbonyl (C=O) groups excluding carboxylic acids is 1. The number of hydrogen-bond acceptors (Lipinski definition) is 6. The minimum Gasteiger partial charge on any atom is -0.475 e. The summed E-state index contributed by atoms with van der Waals surface area (Å²) >= 11 is 1.75. The fourth-order valence-electron chi connectivity index (χ4n) is 4.31. The molecule has 4 heterocycles. The van der Waals surface area contributed by atoms with Crippen molar-refractivity contribution in [3.63, 3.8) is 0 Å². The summed E-state index contributed by atoms with van der Waals surface area (Å²) in [4.78, 5) is 25.5. The molecule has 0 aliphatic carbocycles. The molecule has 3 aliphatic heterocycles. The van der Waals surface area contributed by atoms with Gasteiger partial charge in [-0.2, -0.15) is 24.5 Å². The minimum atomic E-state index is -5.08. The average Bonchev–Trinajstić information content (AvgIpc) is 3.47. The van der Waals surface area contributed by atoms with Crippen LogP contribution in [0, 0.1) is 11.3 Å². The van der Waals surface area contributed by atoms with Crippen LogP contribution < -0.4 is 0 Å². The molecular formula is C20H27F3N2O5S. The van der Waals surface area contributed by atoms with E-state index in [1.165, 1.54) is 5.56 Å². The molecule has 7 nitrogen and oxygen atoms in total. The second kappa shape index (κ2) is 10.3. The second-order valence-electron chi connectivity index (χ2n) is 8.26. The number of likely N-dealkylation sites (tertiary alicyclic amines) is 2. The lowest BCUT2D eigenvalue weighted by Gasteiger charge is -2.27. The number of fused-ring (bicyclic) bond motifs is 1. The van der Waals surface area contributed by atoms with Crippen LogP contribution in [-0.2, 0) is 25.6 Å². The van der Waals surface area contributed by atoms with Crippen molar-refractivity contribution in [2.75, 3.05) is 52.6 Å². The summed E-state index contributed by atoms with van der Waals surface area (Å²) in [6, 6.07) is 2.20. The van der Waals surface area contributed by atoms with E-state index in [0.717, 1.165) is 58.8 Å². The van der Waals surface area contributed by atoms with Gasteiger partial charge in [-0.25, -0.2) is 4.79 Å². The normalized spacial score (nSPS) is 25.9. The summed E-state index contributed by atoms with van der Waals surface area (Å²) in [6.07, 6.45) is -2.83. The molecule has 0 radical (unpaired) electrons. The molecule has 3 fully saturated rings. The molecule has 0 unspecified atom stereocenters. The Morgan fingerprint density at radius 1 is 1.32 bits per heavy atom. The first-order valence-corrected chi connectivity index (χ1v) is 11.1. The highest BCUT2D eigenvalue weighted by molar-refractivity contribution is 7.07. The summed E-state index contributed by atoms with van der Waals surface area (Å²) in [5, 5.41) is 11.5. The predicted octanol–water partition coefficient (Wildman–Crippen LogP) is 2.47. The molecule has 3 aliphatic rings. The van der Waals surface area contributed by atoms with E-state index in [-0.39, 0.29) is 17.9 Å². The predicted molar refractivity (Wildman–Crippen MR) is 107 cm³/mol. The fourth-order valence-corrected chi connectivity index (χ4v) is 4.97. The SMILES string of the molecule is O=C(COC[C@]12COC[C@H]1CN(Cc1ccsc1)C2)N1CCCC1.O=C(O)C(F)(F)F. The maximum atomic E-state index is 12.1. The Morgan fingerprint density at radius 3 is 2.65 bits per heavy atom. The van der Waals surface area contributed by atoms with Crippen LogP contribution >= 0.6 is 11.3 Å². The summed E-state index contributed by atoms with van der Waals surface area (Å²) < 4.78 is 43.4. The molecule has 0 aromatic carbocycles. The lowest BCUT2D eigenvalue weighted by molar-refractivity contribution is -0.192. The first kappa shape index (κ1) is 24.0.